The topological polar surface area (TPSA) is 26.3 Å². The monoisotopic (exact) mass is 176 g/mol. The van der Waals surface area contributed by atoms with Gasteiger partial charge in [0.25, 0.3) is 0 Å². The summed E-state index contributed by atoms with van der Waals surface area (Å²) in [6, 6.07) is 10.2. The molecular formula is C11H12O2. The van der Waals surface area contributed by atoms with Gasteiger partial charge in [-0.25, -0.2) is 4.79 Å². The second-order valence-electron chi connectivity index (χ2n) is 2.70. The molecule has 0 saturated carbocycles. The quantitative estimate of drug-likeness (QED) is 0.389. The van der Waals surface area contributed by atoms with E-state index in [0.717, 1.165) is 19.1 Å². The Bertz CT molecular complexity index is 273. The average molecular weight is 176 g/mol. The molecule has 68 valence electrons. The minimum absolute atomic E-state index is 0.574. The van der Waals surface area contributed by atoms with Crippen LogP contribution in [0.15, 0.2) is 36.6 Å². The Balaban J connectivity index is 2.17. The standard InChI is InChI=1S/C11H12O2/c12-8-10-13-9-4-7-11-5-2-1-3-6-11/h1-3,5-6,10H,4,7,9H2. The van der Waals surface area contributed by atoms with Gasteiger partial charge in [0.1, 0.15) is 0 Å². The minimum atomic E-state index is 0.574. The molecule has 1 rings (SSSR count). The van der Waals surface area contributed by atoms with E-state index in [0.29, 0.717) is 6.61 Å². The summed E-state index contributed by atoms with van der Waals surface area (Å²) in [6.07, 6.45) is 2.96. The highest BCUT2D eigenvalue weighted by Gasteiger charge is 1.90. The van der Waals surface area contributed by atoms with Gasteiger partial charge >= 0.3 is 0 Å². The summed E-state index contributed by atoms with van der Waals surface area (Å²) >= 11 is 0. The summed E-state index contributed by atoms with van der Waals surface area (Å²) in [4.78, 5) is 9.73. The molecular weight excluding hydrogens is 164 g/mol. The molecule has 0 fully saturated rings. The first-order valence-corrected chi connectivity index (χ1v) is 4.28. The number of rotatable bonds is 5. The molecule has 0 saturated heterocycles. The lowest BCUT2D eigenvalue weighted by molar-refractivity contribution is 0.247. The Morgan fingerprint density at radius 2 is 2.08 bits per heavy atom. The lowest BCUT2D eigenvalue weighted by Crippen LogP contribution is -1.91. The van der Waals surface area contributed by atoms with Crippen LogP contribution >= 0.6 is 0 Å². The first-order valence-electron chi connectivity index (χ1n) is 4.28. The number of hydrogen-bond donors (Lipinski definition) is 0. The smallest absolute Gasteiger partial charge is 0.166 e. The van der Waals surface area contributed by atoms with Crippen molar-refractivity contribution in [2.24, 2.45) is 0 Å². The summed E-state index contributed by atoms with van der Waals surface area (Å²) in [5.41, 5.74) is 1.29. The molecule has 0 heterocycles. The Kier molecular flexibility index (Phi) is 4.44. The molecule has 0 atom stereocenters. The summed E-state index contributed by atoms with van der Waals surface area (Å²) < 4.78 is 4.86. The van der Waals surface area contributed by atoms with Crippen LogP contribution in [0.3, 0.4) is 0 Å². The van der Waals surface area contributed by atoms with E-state index in [4.69, 9.17) is 4.74 Å². The van der Waals surface area contributed by atoms with Gasteiger partial charge in [-0.1, -0.05) is 30.3 Å². The van der Waals surface area contributed by atoms with Gasteiger partial charge in [0, 0.05) is 0 Å². The molecule has 0 aromatic heterocycles. The summed E-state index contributed by atoms with van der Waals surface area (Å²) in [5.74, 6) is 1.57. The second kappa shape index (κ2) is 6.04. The zero-order valence-corrected chi connectivity index (χ0v) is 7.40. The minimum Gasteiger partial charge on any atom is -0.490 e. The van der Waals surface area contributed by atoms with Gasteiger partial charge in [0.2, 0.25) is 0 Å². The van der Waals surface area contributed by atoms with E-state index in [1.165, 1.54) is 5.56 Å². The van der Waals surface area contributed by atoms with Crippen LogP contribution in [0, 0.1) is 0 Å². The molecule has 0 aliphatic carbocycles. The molecule has 2 nitrogen and oxygen atoms in total. The lowest BCUT2D eigenvalue weighted by atomic mass is 10.1. The highest BCUT2D eigenvalue weighted by atomic mass is 16.5. The van der Waals surface area contributed by atoms with Crippen molar-refractivity contribution in [1.82, 2.24) is 0 Å². The van der Waals surface area contributed by atoms with Crippen LogP contribution < -0.4 is 0 Å². The maximum Gasteiger partial charge on any atom is 0.166 e. The summed E-state index contributed by atoms with van der Waals surface area (Å²) in [5, 5.41) is 0. The predicted molar refractivity (Wildman–Crippen MR) is 51.0 cm³/mol. The maximum atomic E-state index is 9.73. The molecule has 1 aromatic rings. The van der Waals surface area contributed by atoms with E-state index in [9.17, 15) is 4.79 Å². The Morgan fingerprint density at radius 1 is 1.31 bits per heavy atom. The van der Waals surface area contributed by atoms with Gasteiger partial charge in [-0.15, -0.1) is 0 Å². The second-order valence-corrected chi connectivity index (χ2v) is 2.70. The molecule has 0 aliphatic heterocycles. The van der Waals surface area contributed by atoms with Crippen LogP contribution in [0.4, 0.5) is 0 Å². The molecule has 13 heavy (non-hydrogen) atoms. The van der Waals surface area contributed by atoms with E-state index >= 15 is 0 Å². The van der Waals surface area contributed by atoms with Crippen molar-refractivity contribution in [2.75, 3.05) is 6.61 Å². The highest BCUT2D eigenvalue weighted by molar-refractivity contribution is 5.42. The van der Waals surface area contributed by atoms with Crippen LogP contribution in [-0.2, 0) is 16.0 Å². The Morgan fingerprint density at radius 3 is 2.77 bits per heavy atom. The van der Waals surface area contributed by atoms with E-state index in [2.05, 4.69) is 12.1 Å². The van der Waals surface area contributed by atoms with Gasteiger partial charge in [0.05, 0.1) is 6.61 Å². The van der Waals surface area contributed by atoms with E-state index in [1.807, 2.05) is 18.2 Å². The molecule has 0 aliphatic rings. The molecule has 0 unspecified atom stereocenters. The SMILES string of the molecule is O=C=COCCCc1ccccc1. The van der Waals surface area contributed by atoms with Crippen molar-refractivity contribution >= 4 is 5.94 Å². The zero-order chi connectivity index (χ0) is 9.36. The van der Waals surface area contributed by atoms with Crippen LogP contribution in [-0.4, -0.2) is 12.5 Å². The van der Waals surface area contributed by atoms with Crippen LogP contribution in [0.2, 0.25) is 0 Å². The third-order valence-corrected chi connectivity index (χ3v) is 1.70. The van der Waals surface area contributed by atoms with Crippen LogP contribution in [0.5, 0.6) is 0 Å². The highest BCUT2D eigenvalue weighted by Crippen LogP contribution is 2.01. The van der Waals surface area contributed by atoms with Crippen molar-refractivity contribution in [3.63, 3.8) is 0 Å². The Hall–Kier alpha value is -1.53. The third kappa shape index (κ3) is 4.14. The fourth-order valence-corrected chi connectivity index (χ4v) is 1.10. The normalized spacial score (nSPS) is 8.92. The van der Waals surface area contributed by atoms with E-state index in [-0.39, 0.29) is 0 Å². The maximum absolute atomic E-state index is 9.73. The molecule has 0 N–H and O–H groups in total. The van der Waals surface area contributed by atoms with E-state index in [1.54, 1.807) is 5.94 Å². The largest absolute Gasteiger partial charge is 0.490 e. The first kappa shape index (κ1) is 9.56. The number of hydrogen-bond acceptors (Lipinski definition) is 2. The fourth-order valence-electron chi connectivity index (χ4n) is 1.10. The molecule has 2 heteroatoms. The third-order valence-electron chi connectivity index (χ3n) is 1.70. The van der Waals surface area contributed by atoms with Crippen molar-refractivity contribution in [3.8, 4) is 0 Å². The fraction of sp³-hybridized carbons (Fsp3) is 0.273. The van der Waals surface area contributed by atoms with Crippen molar-refractivity contribution < 1.29 is 9.53 Å². The average Bonchev–Trinajstić information content (AvgIpc) is 2.19. The van der Waals surface area contributed by atoms with Crippen molar-refractivity contribution in [2.45, 2.75) is 12.8 Å². The van der Waals surface area contributed by atoms with E-state index < -0.39 is 0 Å². The molecule has 0 radical (unpaired) electrons. The lowest BCUT2D eigenvalue weighted by Gasteiger charge is -1.99. The molecule has 1 aromatic carbocycles. The summed E-state index contributed by atoms with van der Waals surface area (Å²) in [6.45, 7) is 0.574. The van der Waals surface area contributed by atoms with Gasteiger partial charge in [-0.2, -0.15) is 0 Å². The van der Waals surface area contributed by atoms with Crippen LogP contribution in [0.1, 0.15) is 12.0 Å². The predicted octanol–water partition coefficient (Wildman–Crippen LogP) is 1.98. The first-order chi connectivity index (χ1) is 6.43. The van der Waals surface area contributed by atoms with Gasteiger partial charge in [-0.3, -0.25) is 0 Å². The van der Waals surface area contributed by atoms with Gasteiger partial charge in [-0.05, 0) is 18.4 Å². The molecule has 0 amide bonds. The van der Waals surface area contributed by atoms with Crippen molar-refractivity contribution in [1.29, 1.82) is 0 Å². The van der Waals surface area contributed by atoms with Crippen LogP contribution in [0.25, 0.3) is 0 Å². The number of benzene rings is 1. The van der Waals surface area contributed by atoms with Gasteiger partial charge in [0.15, 0.2) is 12.2 Å². The number of ether oxygens (including phenoxy) is 1. The summed E-state index contributed by atoms with van der Waals surface area (Å²) in [7, 11) is 0. The van der Waals surface area contributed by atoms with Gasteiger partial charge < -0.3 is 4.74 Å². The van der Waals surface area contributed by atoms with Crippen molar-refractivity contribution in [3.05, 3.63) is 42.2 Å². The molecule has 0 bridgehead atoms. The number of carbonyl (C=O) groups excluding carboxylic acids is 1. The molecule has 0 spiro atoms. The Labute approximate surface area is 77.8 Å². The zero-order valence-electron chi connectivity index (χ0n) is 7.40. The number of aryl methyl sites for hydroxylation is 1.